The maximum atomic E-state index is 7.17. The van der Waals surface area contributed by atoms with Crippen LogP contribution in [0.3, 0.4) is 0 Å². The van der Waals surface area contributed by atoms with Gasteiger partial charge in [0, 0.05) is 16.8 Å². The van der Waals surface area contributed by atoms with Crippen molar-refractivity contribution in [3.63, 3.8) is 0 Å². The molecule has 39 valence electrons. The van der Waals surface area contributed by atoms with Gasteiger partial charge in [0.25, 0.3) is 0 Å². The van der Waals surface area contributed by atoms with E-state index in [0.29, 0.717) is 0 Å². The Morgan fingerprint density at radius 1 is 1.00 bits per heavy atom. The van der Waals surface area contributed by atoms with Crippen LogP contribution in [-0.2, 0) is 16.8 Å². The first-order valence-electron chi connectivity index (χ1n) is 0.775. The molecule has 3 nitrogen and oxygen atoms in total. The fourth-order valence-corrected chi connectivity index (χ4v) is 0. The van der Waals surface area contributed by atoms with Gasteiger partial charge in [-0.05, 0) is 0 Å². The third kappa shape index (κ3) is 81.7. The smallest absolute Gasteiger partial charge is 0.402 e. The summed E-state index contributed by atoms with van der Waals surface area (Å²) in [5.41, 5.74) is 0. The van der Waals surface area contributed by atoms with Gasteiger partial charge in [-0.3, -0.25) is 0 Å². The van der Waals surface area contributed by atoms with Crippen molar-refractivity contribution in [3.05, 3.63) is 0 Å². The van der Waals surface area contributed by atoms with Crippen LogP contribution in [0.1, 0.15) is 0 Å². The summed E-state index contributed by atoms with van der Waals surface area (Å²) in [5, 5.41) is 21.5. The van der Waals surface area contributed by atoms with E-state index >= 15 is 0 Å². The van der Waals surface area contributed by atoms with E-state index in [-0.39, 0.29) is 34.1 Å². The van der Waals surface area contributed by atoms with Gasteiger partial charge >= 0.3 is 7.32 Å². The van der Waals surface area contributed by atoms with Crippen LogP contribution in [0, 0.1) is 0 Å². The standard InChI is InChI=1S/Al.BH3O3.Co.3H/c;2-1(3)4;;;;/h;2-4H;;;;. The van der Waals surface area contributed by atoms with Crippen molar-refractivity contribution in [2.75, 3.05) is 0 Å². The molecule has 0 saturated carbocycles. The molecule has 0 aliphatic carbocycles. The van der Waals surface area contributed by atoms with Crippen LogP contribution < -0.4 is 0 Å². The third-order valence-electron chi connectivity index (χ3n) is 0. The van der Waals surface area contributed by atoms with Gasteiger partial charge in [0.2, 0.25) is 0 Å². The second-order valence-corrected chi connectivity index (χ2v) is 0.346. The van der Waals surface area contributed by atoms with Crippen LogP contribution in [0.5, 0.6) is 0 Å². The molecule has 0 spiro atoms. The van der Waals surface area contributed by atoms with Crippen LogP contribution in [0.25, 0.3) is 0 Å². The molecular weight excluding hydrogens is 145 g/mol. The Balaban J connectivity index is -0.0000000450. The van der Waals surface area contributed by atoms with Crippen LogP contribution >= 0.6 is 0 Å². The van der Waals surface area contributed by atoms with Gasteiger partial charge in [-0.15, -0.1) is 0 Å². The predicted molar refractivity (Wildman–Crippen MR) is 22.3 cm³/mol. The van der Waals surface area contributed by atoms with Crippen LogP contribution in [0.15, 0.2) is 0 Å². The van der Waals surface area contributed by atoms with Crippen molar-refractivity contribution in [2.45, 2.75) is 0 Å². The van der Waals surface area contributed by atoms with Crippen LogP contribution in [-0.4, -0.2) is 39.8 Å². The zero-order valence-electron chi connectivity index (χ0n) is 2.25. The summed E-state index contributed by atoms with van der Waals surface area (Å²) >= 11 is 0. The van der Waals surface area contributed by atoms with Crippen molar-refractivity contribution >= 4 is 24.7 Å². The Morgan fingerprint density at radius 3 is 1.00 bits per heavy atom. The molecule has 6 heteroatoms. The normalized spacial score (nSPS) is 4.50. The van der Waals surface area contributed by atoms with E-state index in [4.69, 9.17) is 15.1 Å². The minimum Gasteiger partial charge on any atom is -0.402 e. The van der Waals surface area contributed by atoms with E-state index < -0.39 is 7.32 Å². The summed E-state index contributed by atoms with van der Waals surface area (Å²) in [7, 11) is -2.17. The first kappa shape index (κ1) is 15.8. The first-order chi connectivity index (χ1) is 1.73. The van der Waals surface area contributed by atoms with E-state index in [9.17, 15) is 0 Å². The molecule has 0 bridgehead atoms. The summed E-state index contributed by atoms with van der Waals surface area (Å²) in [6.45, 7) is 0. The molecule has 0 heterocycles. The minimum atomic E-state index is -2.17. The molecule has 0 saturated heterocycles. The first-order valence-corrected chi connectivity index (χ1v) is 0.775. The zero-order valence-corrected chi connectivity index (χ0v) is 3.29. The summed E-state index contributed by atoms with van der Waals surface area (Å²) in [5.74, 6) is 0. The van der Waals surface area contributed by atoms with Crippen molar-refractivity contribution in [1.29, 1.82) is 0 Å². The van der Waals surface area contributed by atoms with Gasteiger partial charge in [-0.25, -0.2) is 0 Å². The monoisotopic (exact) mass is 151 g/mol. The Kier molecular flexibility index (Phi) is 24.6. The zero-order chi connectivity index (χ0) is 3.58. The SMILES string of the molecule is OB(O)O.[AlH3].[Co]. The molecular formula is H6AlBCoO3. The molecule has 1 radical (unpaired) electrons. The molecule has 0 unspecified atom stereocenters. The van der Waals surface area contributed by atoms with Crippen LogP contribution in [0.2, 0.25) is 0 Å². The van der Waals surface area contributed by atoms with E-state index in [1.54, 1.807) is 0 Å². The van der Waals surface area contributed by atoms with E-state index in [2.05, 4.69) is 0 Å². The second kappa shape index (κ2) is 9.36. The molecule has 3 N–H and O–H groups in total. The van der Waals surface area contributed by atoms with Crippen molar-refractivity contribution in [1.82, 2.24) is 0 Å². The second-order valence-electron chi connectivity index (χ2n) is 0.346. The molecule has 0 aromatic rings. The van der Waals surface area contributed by atoms with Gasteiger partial charge in [0.1, 0.15) is 0 Å². The molecule has 0 aliphatic heterocycles. The van der Waals surface area contributed by atoms with Crippen molar-refractivity contribution in [2.24, 2.45) is 0 Å². The summed E-state index contributed by atoms with van der Waals surface area (Å²) in [6, 6.07) is 0. The largest absolute Gasteiger partial charge is 0.631 e. The Morgan fingerprint density at radius 2 is 1.00 bits per heavy atom. The van der Waals surface area contributed by atoms with Gasteiger partial charge in [0.05, 0.1) is 0 Å². The van der Waals surface area contributed by atoms with E-state index in [1.807, 2.05) is 0 Å². The predicted octanol–water partition coefficient (Wildman–Crippen LogP) is -3.24. The Bertz CT molecular complexity index is 15.5. The molecule has 0 aliphatic rings. The topological polar surface area (TPSA) is 60.7 Å². The van der Waals surface area contributed by atoms with Crippen molar-refractivity contribution < 1.29 is 31.9 Å². The molecule has 0 amide bonds. The maximum absolute atomic E-state index is 7.17. The van der Waals surface area contributed by atoms with Crippen LogP contribution in [0.4, 0.5) is 0 Å². The summed E-state index contributed by atoms with van der Waals surface area (Å²) < 4.78 is 0. The summed E-state index contributed by atoms with van der Waals surface area (Å²) in [6.07, 6.45) is 0. The number of hydrogen-bond donors (Lipinski definition) is 3. The molecule has 0 fully saturated rings. The molecule has 0 aromatic carbocycles. The average molecular weight is 151 g/mol. The van der Waals surface area contributed by atoms with Crippen molar-refractivity contribution in [3.8, 4) is 0 Å². The minimum absolute atomic E-state index is 0. The fourth-order valence-electron chi connectivity index (χ4n) is 0. The van der Waals surface area contributed by atoms with Gasteiger partial charge in [-0.1, -0.05) is 0 Å². The summed E-state index contributed by atoms with van der Waals surface area (Å²) in [4.78, 5) is 0. The Hall–Kier alpha value is 0.984. The third-order valence-corrected chi connectivity index (χ3v) is 0. The fraction of sp³-hybridized carbons (Fsp3) is 0. The van der Waals surface area contributed by atoms with E-state index in [0.717, 1.165) is 0 Å². The van der Waals surface area contributed by atoms with E-state index in [1.165, 1.54) is 0 Å². The van der Waals surface area contributed by atoms with Gasteiger partial charge in [-0.2, -0.15) is 0 Å². The molecule has 0 atom stereocenters. The average Bonchev–Trinajstić information content (AvgIpc) is 0.811. The number of hydrogen-bond acceptors (Lipinski definition) is 3. The number of rotatable bonds is 0. The molecule has 0 rings (SSSR count). The maximum Gasteiger partial charge on any atom is 0.631 e. The van der Waals surface area contributed by atoms with Gasteiger partial charge < -0.3 is 15.1 Å². The Labute approximate surface area is 56.9 Å². The van der Waals surface area contributed by atoms with Gasteiger partial charge in [0.15, 0.2) is 17.4 Å². The molecule has 6 heavy (non-hydrogen) atoms. The quantitative estimate of drug-likeness (QED) is 0.319. The molecule has 0 aromatic heterocycles.